The van der Waals surface area contributed by atoms with Gasteiger partial charge in [-0.2, -0.15) is 26.9 Å². The molecule has 100 heavy (non-hydrogen) atoms. The molecule has 3 saturated carbocycles. The highest BCUT2D eigenvalue weighted by molar-refractivity contribution is 7.87. The first-order chi connectivity index (χ1) is 47.8. The zero-order valence-corrected chi connectivity index (χ0v) is 58.8. The van der Waals surface area contributed by atoms with Gasteiger partial charge in [0.1, 0.15) is 28.4 Å². The van der Waals surface area contributed by atoms with E-state index in [1.807, 2.05) is 42.5 Å². The van der Waals surface area contributed by atoms with Crippen molar-refractivity contribution in [1.29, 1.82) is 5.26 Å². The molecule has 2 aromatic heterocycles. The van der Waals surface area contributed by atoms with Gasteiger partial charge < -0.3 is 46.6 Å². The number of esters is 1. The van der Waals surface area contributed by atoms with Crippen LogP contribution in [0.2, 0.25) is 15.1 Å². The molecule has 0 radical (unpaired) electrons. The molecule has 530 valence electrons. The molecule has 0 aliphatic heterocycles. The number of hydrogen-bond donors (Lipinski definition) is 1. The first-order valence-corrected chi connectivity index (χ1v) is 34.9. The Hall–Kier alpha value is -8.79. The van der Waals surface area contributed by atoms with Crippen LogP contribution in [0.5, 0.6) is 28.7 Å². The average Bonchev–Trinajstić information content (AvgIpc) is 1.17. The lowest BCUT2D eigenvalue weighted by Crippen LogP contribution is -2.29. The number of aromatic hydroxyl groups is 1. The van der Waals surface area contributed by atoms with E-state index in [4.69, 9.17) is 67.4 Å². The topological polar surface area (TPSA) is 253 Å². The SMILES string of the molecule is CC(=O)CCc1cc(Cl)cc2nc(-c3ccccc3Cl)oc12.COC(=O)CCc1c(C(=O)c2ccc(Cl)cc2)oc2cc(O)ccc12.COc1ccc(C2(C#N)CC=C(OS(=O)(=O)C(F)(F)F)CC2)cc1OC1CCCC1.COc1ccc([C@H]2C[C@@H]2C(=O)N(C)OC)cc1OC1CCCC1. The first-order valence-electron chi connectivity index (χ1n) is 32.3. The molecular weight excluding hydrogens is 1380 g/mol. The van der Waals surface area contributed by atoms with Gasteiger partial charge in [0, 0.05) is 64.9 Å². The molecule has 12 rings (SSSR count). The number of amides is 1. The third-order valence-electron chi connectivity index (χ3n) is 17.7. The number of hydrogen-bond acceptors (Lipinski definition) is 18. The van der Waals surface area contributed by atoms with Crippen molar-refractivity contribution in [3.63, 3.8) is 0 Å². The van der Waals surface area contributed by atoms with Crippen LogP contribution >= 0.6 is 34.8 Å². The summed E-state index contributed by atoms with van der Waals surface area (Å²) < 4.78 is 103. The van der Waals surface area contributed by atoms with Crippen LogP contribution in [0.1, 0.15) is 141 Å². The normalized spacial score (nSPS) is 17.4. The van der Waals surface area contributed by atoms with Gasteiger partial charge in [-0.05, 0) is 204 Å². The Bertz CT molecular complexity index is 4450. The fourth-order valence-electron chi connectivity index (χ4n) is 12.1. The average molecular weight is 1460 g/mol. The number of hydroxylamine groups is 2. The molecule has 0 saturated heterocycles. The smallest absolute Gasteiger partial charge is 0.508 e. The van der Waals surface area contributed by atoms with E-state index >= 15 is 0 Å². The monoisotopic (exact) mass is 1460 g/mol. The van der Waals surface area contributed by atoms with Gasteiger partial charge in [0.25, 0.3) is 0 Å². The summed E-state index contributed by atoms with van der Waals surface area (Å²) in [5.74, 6) is 2.65. The lowest BCUT2D eigenvalue weighted by Gasteiger charge is -2.31. The number of allylic oxidation sites excluding steroid dienone is 2. The number of rotatable bonds is 21. The highest BCUT2D eigenvalue weighted by Gasteiger charge is 2.50. The van der Waals surface area contributed by atoms with Crippen LogP contribution in [-0.4, -0.2) is 100 Å². The Morgan fingerprint density at radius 2 is 1.42 bits per heavy atom. The lowest BCUT2D eigenvalue weighted by atomic mass is 9.72. The van der Waals surface area contributed by atoms with Gasteiger partial charge in [-0.15, -0.1) is 0 Å². The molecule has 4 aliphatic rings. The summed E-state index contributed by atoms with van der Waals surface area (Å²) in [7, 11) is 1.93. The number of alkyl halides is 3. The number of halogens is 6. The van der Waals surface area contributed by atoms with E-state index in [-0.39, 0.29) is 90.4 Å². The van der Waals surface area contributed by atoms with Crippen molar-refractivity contribution in [3.8, 4) is 46.3 Å². The molecule has 0 bridgehead atoms. The van der Waals surface area contributed by atoms with Crippen molar-refractivity contribution in [3.05, 3.63) is 176 Å². The van der Waals surface area contributed by atoms with E-state index < -0.39 is 21.0 Å². The predicted molar refractivity (Wildman–Crippen MR) is 369 cm³/mol. The van der Waals surface area contributed by atoms with Crippen LogP contribution in [0.25, 0.3) is 33.5 Å². The van der Waals surface area contributed by atoms with Crippen LogP contribution in [0.15, 0.2) is 136 Å². The Morgan fingerprint density at radius 3 is 2.01 bits per heavy atom. The van der Waals surface area contributed by atoms with Crippen molar-refractivity contribution in [2.24, 2.45) is 5.92 Å². The number of oxazole rings is 1. The van der Waals surface area contributed by atoms with Crippen molar-refractivity contribution < 1.29 is 87.4 Å². The summed E-state index contributed by atoms with van der Waals surface area (Å²) in [5.41, 5.74) is -0.410. The Balaban J connectivity index is 0.000000157. The Kier molecular flexibility index (Phi) is 25.3. The quantitative estimate of drug-likeness (QED) is 0.0231. The second-order valence-corrected chi connectivity index (χ2v) is 27.3. The number of phenolic OH excluding ortho intramolecular Hbond substituents is 1. The third-order valence-corrected chi connectivity index (χ3v) is 19.5. The number of phenols is 1. The van der Waals surface area contributed by atoms with Crippen LogP contribution in [0, 0.1) is 17.2 Å². The minimum Gasteiger partial charge on any atom is -0.508 e. The summed E-state index contributed by atoms with van der Waals surface area (Å²) in [6.07, 6.45) is 12.6. The maximum absolute atomic E-state index is 12.8. The largest absolute Gasteiger partial charge is 0.534 e. The van der Waals surface area contributed by atoms with Crippen molar-refractivity contribution >= 4 is 90.4 Å². The Morgan fingerprint density at radius 1 is 0.770 bits per heavy atom. The van der Waals surface area contributed by atoms with Crippen LogP contribution < -0.4 is 18.9 Å². The number of nitriles is 1. The Labute approximate surface area is 592 Å². The number of carbonyl (C=O) groups excluding carboxylic acids is 4. The van der Waals surface area contributed by atoms with E-state index in [1.54, 1.807) is 81.7 Å². The number of furan rings is 1. The van der Waals surface area contributed by atoms with Gasteiger partial charge in [0.05, 0.1) is 62.7 Å². The van der Waals surface area contributed by atoms with Crippen LogP contribution in [-0.2, 0) is 56.5 Å². The number of nitrogens with zero attached hydrogens (tertiary/aromatic N) is 3. The van der Waals surface area contributed by atoms with E-state index in [2.05, 4.69) is 20.0 Å². The summed E-state index contributed by atoms with van der Waals surface area (Å²) >= 11 is 18.2. The molecule has 19 nitrogen and oxygen atoms in total. The molecule has 4 aliphatic carbocycles. The molecule has 1 N–H and O–H groups in total. The summed E-state index contributed by atoms with van der Waals surface area (Å²) in [5, 5.41) is 23.2. The summed E-state index contributed by atoms with van der Waals surface area (Å²) in [6, 6.07) is 35.4. The number of carbonyl (C=O) groups is 4. The number of aryl methyl sites for hydroxylation is 2. The number of Topliss-reactive ketones (excluding diaryl/α,β-unsaturated/α-hetero) is 1. The van der Waals surface area contributed by atoms with Crippen LogP contribution in [0.3, 0.4) is 0 Å². The number of fused-ring (bicyclic) bond motifs is 2. The number of ketones is 2. The van der Waals surface area contributed by atoms with Crippen molar-refractivity contribution in [2.45, 2.75) is 139 Å². The van der Waals surface area contributed by atoms with E-state index in [1.165, 1.54) is 57.4 Å². The van der Waals surface area contributed by atoms with E-state index in [9.17, 15) is 51.1 Å². The molecule has 1 amide bonds. The zero-order chi connectivity index (χ0) is 72.1. The van der Waals surface area contributed by atoms with Crippen LogP contribution in [0.4, 0.5) is 13.2 Å². The number of benzene rings is 6. The second-order valence-electron chi connectivity index (χ2n) is 24.5. The summed E-state index contributed by atoms with van der Waals surface area (Å²) in [4.78, 5) is 57.1. The molecule has 0 spiro atoms. The molecule has 8 aromatic rings. The molecule has 1 unspecified atom stereocenters. The maximum atomic E-state index is 12.8. The fourth-order valence-corrected chi connectivity index (χ4v) is 13.2. The highest BCUT2D eigenvalue weighted by Crippen LogP contribution is 2.51. The van der Waals surface area contributed by atoms with Gasteiger partial charge in [-0.1, -0.05) is 59.1 Å². The maximum Gasteiger partial charge on any atom is 0.534 e. The molecule has 2 heterocycles. The number of aromatic nitrogens is 1. The van der Waals surface area contributed by atoms with E-state index in [0.717, 1.165) is 73.1 Å². The molecule has 3 atom stereocenters. The van der Waals surface area contributed by atoms with Gasteiger partial charge >= 0.3 is 21.6 Å². The number of ether oxygens (including phenoxy) is 5. The molecular formula is C74H75Cl3F3N3O16S. The fraction of sp³-hybridized carbons (Fsp3) is 0.378. The minimum absolute atomic E-state index is 0.00711. The van der Waals surface area contributed by atoms with Gasteiger partial charge in [0.2, 0.25) is 17.6 Å². The van der Waals surface area contributed by atoms with Crippen molar-refractivity contribution in [1.82, 2.24) is 10.0 Å². The van der Waals surface area contributed by atoms with E-state index in [0.29, 0.717) is 90.5 Å². The number of methoxy groups -OCH3 is 3. The predicted octanol–water partition coefficient (Wildman–Crippen LogP) is 17.3. The zero-order valence-electron chi connectivity index (χ0n) is 55.8. The standard InChI is InChI=1S/C20H22F3NO5S.C19H15ClO5.C18H25NO4.C17H13Cl2NO2/c1-27-17-7-6-14(12-18(17)28-15-4-2-3-5-15)19(13-24)10-8-16(9-11-19)29-30(25,26)20(21,22)23;1-24-17(22)9-8-15-14-7-6-13(21)10-16(14)25-19(15)18(23)11-2-4-12(20)5-3-11;1-19(22-3)18(20)15-11-14(15)12-8-9-16(21-2)17(10-12)23-13-6-4-5-7-13;1-10(21)6-7-11-8-12(18)9-15-16(11)22-17(20-15)13-4-2-3-5-14(13)19/h6-8,12,15H,2-5,9-11H2,1H3;2-7,10,21H,8-9H2,1H3;8-10,13-15H,4-7,11H2,1-3H3;2-5,8-9H,6-7H2,1H3/t;;14-,15+;/m..1./s1. The second kappa shape index (κ2) is 33.6. The van der Waals surface area contributed by atoms with Gasteiger partial charge in [-0.25, -0.2) is 10.0 Å². The molecule has 3 fully saturated rings. The van der Waals surface area contributed by atoms with Gasteiger partial charge in [-0.3, -0.25) is 19.2 Å². The van der Waals surface area contributed by atoms with Crippen molar-refractivity contribution in [2.75, 3.05) is 35.5 Å². The highest BCUT2D eigenvalue weighted by atomic mass is 35.5. The third kappa shape index (κ3) is 18.8. The first kappa shape index (κ1) is 75.4. The van der Waals surface area contributed by atoms with Gasteiger partial charge in [0.15, 0.2) is 34.3 Å². The summed E-state index contributed by atoms with van der Waals surface area (Å²) in [6.45, 7) is 1.57. The minimum atomic E-state index is -5.72. The molecule has 26 heteroatoms. The lowest BCUT2D eigenvalue weighted by molar-refractivity contribution is -0.170. The molecule has 6 aromatic carbocycles.